The van der Waals surface area contributed by atoms with Crippen molar-refractivity contribution >= 4 is 27.2 Å². The van der Waals surface area contributed by atoms with E-state index in [1.54, 1.807) is 30.7 Å². The summed E-state index contributed by atoms with van der Waals surface area (Å²) in [4.78, 5) is 29.6. The molecule has 0 bridgehead atoms. The number of nitriles is 1. The van der Waals surface area contributed by atoms with Gasteiger partial charge in [0, 0.05) is 34.5 Å². The maximum Gasteiger partial charge on any atom is 0.345 e. The summed E-state index contributed by atoms with van der Waals surface area (Å²) in [5.74, 6) is 0.0741. The first-order chi connectivity index (χ1) is 15.0. The molecule has 0 N–H and O–H groups in total. The molecule has 1 atom stereocenters. The van der Waals surface area contributed by atoms with E-state index in [1.165, 1.54) is 18.3 Å². The van der Waals surface area contributed by atoms with Gasteiger partial charge in [-0.25, -0.2) is 4.79 Å². The van der Waals surface area contributed by atoms with Crippen LogP contribution in [0.2, 0.25) is 0 Å². The Kier molecular flexibility index (Phi) is 7.05. The smallest absolute Gasteiger partial charge is 0.345 e. The van der Waals surface area contributed by atoms with Gasteiger partial charge < -0.3 is 9.47 Å². The second-order valence-electron chi connectivity index (χ2n) is 6.44. The summed E-state index contributed by atoms with van der Waals surface area (Å²) in [6.45, 7) is 2.28. The Bertz CT molecular complexity index is 1080. The number of ether oxygens (including phenoxy) is 2. The molecule has 160 valence electrons. The molecule has 0 radical (unpaired) electrons. The summed E-state index contributed by atoms with van der Waals surface area (Å²) >= 11 is 0. The van der Waals surface area contributed by atoms with E-state index in [0.717, 1.165) is 4.90 Å². The van der Waals surface area contributed by atoms with Gasteiger partial charge in [-0.1, -0.05) is 12.1 Å². The number of nitro groups is 1. The van der Waals surface area contributed by atoms with Gasteiger partial charge in [0.15, 0.2) is 0 Å². The Morgan fingerprint density at radius 1 is 1.23 bits per heavy atom. The lowest BCUT2D eigenvalue weighted by molar-refractivity contribution is -0.384. The first-order valence-corrected chi connectivity index (χ1v) is 11.3. The monoisotopic (exact) mass is 439 g/mol. The second kappa shape index (κ2) is 9.91. The number of rotatable bonds is 9. The number of benzene rings is 2. The van der Waals surface area contributed by atoms with Crippen molar-refractivity contribution in [3.63, 3.8) is 0 Å². The number of hydrogen-bond acceptors (Lipinski definition) is 7. The maximum atomic E-state index is 12.9. The summed E-state index contributed by atoms with van der Waals surface area (Å²) in [5, 5.41) is 19.9. The zero-order chi connectivity index (χ0) is 22.3. The Labute approximate surface area is 181 Å². The van der Waals surface area contributed by atoms with Crippen LogP contribution in [0.3, 0.4) is 0 Å². The predicted molar refractivity (Wildman–Crippen MR) is 117 cm³/mol. The van der Waals surface area contributed by atoms with E-state index in [2.05, 4.69) is 11.1 Å². The zero-order valence-corrected chi connectivity index (χ0v) is 17.7. The average molecular weight is 439 g/mol. The van der Waals surface area contributed by atoms with Crippen molar-refractivity contribution in [3.05, 3.63) is 69.8 Å². The van der Waals surface area contributed by atoms with Crippen LogP contribution in [0, 0.1) is 21.4 Å². The van der Waals surface area contributed by atoms with Crippen LogP contribution in [-0.2, 0) is 9.53 Å². The molecule has 3 rings (SSSR count). The minimum absolute atomic E-state index is 0.0454. The van der Waals surface area contributed by atoms with Crippen LogP contribution in [0.4, 0.5) is 5.69 Å². The van der Waals surface area contributed by atoms with E-state index >= 15 is 0 Å². The molecule has 0 saturated heterocycles. The summed E-state index contributed by atoms with van der Waals surface area (Å²) in [5.41, 5.74) is 1.66. The zero-order valence-electron chi connectivity index (χ0n) is 16.9. The largest absolute Gasteiger partial charge is 0.492 e. The number of esters is 1. The van der Waals surface area contributed by atoms with Crippen molar-refractivity contribution in [1.82, 2.24) is 0 Å². The fourth-order valence-electron chi connectivity index (χ4n) is 3.16. The third-order valence-corrected chi connectivity index (χ3v) is 7.99. The summed E-state index contributed by atoms with van der Waals surface area (Å²) < 4.78 is 11.3. The van der Waals surface area contributed by atoms with Crippen molar-refractivity contribution in [2.75, 3.05) is 13.2 Å². The Balaban J connectivity index is 2.14. The van der Waals surface area contributed by atoms with Crippen molar-refractivity contribution in [1.29, 1.82) is 5.26 Å². The summed E-state index contributed by atoms with van der Waals surface area (Å²) in [7, 11) is -2.31. The number of carbonyl (C=O) groups is 1. The molecule has 8 nitrogen and oxygen atoms in total. The van der Waals surface area contributed by atoms with Gasteiger partial charge in [-0.3, -0.25) is 15.1 Å². The van der Waals surface area contributed by atoms with Gasteiger partial charge >= 0.3 is 5.97 Å². The fraction of sp³-hybridized carbons (Fsp3) is 0.227. The highest BCUT2D eigenvalue weighted by molar-refractivity contribution is 8.47. The SMILES string of the molecule is CCOC(=O)C1=CN=CS1(c1ccc([N+](=O)[O-])cc1)c1ccccc1OCCCC#N. The highest BCUT2D eigenvalue weighted by Crippen LogP contribution is 2.70. The van der Waals surface area contributed by atoms with E-state index in [1.807, 2.05) is 18.2 Å². The Morgan fingerprint density at radius 2 is 1.97 bits per heavy atom. The molecule has 1 aliphatic heterocycles. The molecule has 1 aliphatic rings. The molecule has 2 aromatic rings. The third kappa shape index (κ3) is 4.44. The molecule has 0 spiro atoms. The van der Waals surface area contributed by atoms with Crippen LogP contribution in [-0.4, -0.2) is 29.7 Å². The lowest BCUT2D eigenvalue weighted by Gasteiger charge is -2.36. The number of para-hydroxylation sites is 1. The minimum atomic E-state index is -2.31. The number of hydrogen-bond donors (Lipinski definition) is 0. The van der Waals surface area contributed by atoms with Crippen LogP contribution >= 0.6 is 10.0 Å². The molecule has 0 saturated carbocycles. The number of nitrogens with zero attached hydrogens (tertiary/aromatic N) is 3. The van der Waals surface area contributed by atoms with Crippen LogP contribution < -0.4 is 4.74 Å². The fourth-order valence-corrected chi connectivity index (χ4v) is 6.35. The molecule has 0 aromatic heterocycles. The van der Waals surface area contributed by atoms with Crippen LogP contribution in [0.5, 0.6) is 5.75 Å². The molecule has 0 fully saturated rings. The number of unbranched alkanes of at least 4 members (excludes halogenated alkanes) is 1. The van der Waals surface area contributed by atoms with E-state index in [0.29, 0.717) is 35.0 Å². The van der Waals surface area contributed by atoms with Crippen molar-refractivity contribution in [3.8, 4) is 11.8 Å². The lowest BCUT2D eigenvalue weighted by atomic mass is 10.3. The van der Waals surface area contributed by atoms with E-state index in [9.17, 15) is 14.9 Å². The van der Waals surface area contributed by atoms with Gasteiger partial charge in [0.25, 0.3) is 5.69 Å². The number of nitro benzene ring substituents is 1. The van der Waals surface area contributed by atoms with Crippen LogP contribution in [0.15, 0.2) is 74.4 Å². The normalized spacial score (nSPS) is 19.0. The van der Waals surface area contributed by atoms with E-state index in [4.69, 9.17) is 14.7 Å². The van der Waals surface area contributed by atoms with Gasteiger partial charge in [0.05, 0.1) is 29.8 Å². The molecular formula is C22H21N3O5S. The predicted octanol–water partition coefficient (Wildman–Crippen LogP) is 4.95. The number of carbonyl (C=O) groups excluding carboxylic acids is 1. The van der Waals surface area contributed by atoms with Gasteiger partial charge in [-0.2, -0.15) is 5.26 Å². The molecule has 31 heavy (non-hydrogen) atoms. The minimum Gasteiger partial charge on any atom is -0.492 e. The first kappa shape index (κ1) is 22.1. The topological polar surface area (TPSA) is 115 Å². The summed E-state index contributed by atoms with van der Waals surface area (Å²) in [6, 6.07) is 15.5. The van der Waals surface area contributed by atoms with Gasteiger partial charge in [-0.05, 0) is 37.6 Å². The van der Waals surface area contributed by atoms with E-state index in [-0.39, 0.29) is 12.3 Å². The van der Waals surface area contributed by atoms with Gasteiger partial charge in [-0.15, -0.1) is 10.0 Å². The van der Waals surface area contributed by atoms with Crippen LogP contribution in [0.25, 0.3) is 0 Å². The molecule has 2 aromatic carbocycles. The maximum absolute atomic E-state index is 12.9. The van der Waals surface area contributed by atoms with Crippen LogP contribution in [0.1, 0.15) is 19.8 Å². The van der Waals surface area contributed by atoms with Gasteiger partial charge in [0.1, 0.15) is 10.7 Å². The Morgan fingerprint density at radius 3 is 2.65 bits per heavy atom. The van der Waals surface area contributed by atoms with Crippen molar-refractivity contribution < 1.29 is 19.2 Å². The van der Waals surface area contributed by atoms with Crippen molar-refractivity contribution in [2.24, 2.45) is 4.99 Å². The molecule has 1 unspecified atom stereocenters. The molecule has 1 heterocycles. The highest BCUT2D eigenvalue weighted by Gasteiger charge is 2.41. The Hall–Kier alpha value is -3.64. The molecular weight excluding hydrogens is 418 g/mol. The average Bonchev–Trinajstić information content (AvgIpc) is 3.23. The molecule has 0 aliphatic carbocycles. The lowest BCUT2D eigenvalue weighted by Crippen LogP contribution is -2.15. The quantitative estimate of drug-likeness (QED) is 0.236. The highest BCUT2D eigenvalue weighted by atomic mass is 32.3. The molecule has 0 amide bonds. The summed E-state index contributed by atoms with van der Waals surface area (Å²) in [6.07, 6.45) is 2.43. The third-order valence-electron chi connectivity index (χ3n) is 4.54. The molecule has 9 heteroatoms. The number of non-ortho nitro benzene ring substituents is 1. The standard InChI is InChI=1S/C22H21N3O5S/c1-2-29-22(26)21-15-24-16-31(21,18-11-9-17(10-12-18)25(27)28)20-8-4-3-7-19(20)30-14-6-5-13-23/h3-4,7-12,15-16H,2,5-6,14H2,1H3. The number of aliphatic imine (C=N–C) groups is 1. The second-order valence-corrected chi connectivity index (χ2v) is 9.32. The first-order valence-electron chi connectivity index (χ1n) is 9.61. The van der Waals surface area contributed by atoms with Crippen molar-refractivity contribution in [2.45, 2.75) is 29.6 Å². The van der Waals surface area contributed by atoms with Gasteiger partial charge in [0.2, 0.25) is 0 Å². The van der Waals surface area contributed by atoms with E-state index < -0.39 is 20.9 Å².